The molecule has 0 bridgehead atoms. The van der Waals surface area contributed by atoms with Gasteiger partial charge in [-0.2, -0.15) is 15.1 Å². The summed E-state index contributed by atoms with van der Waals surface area (Å²) in [6.07, 6.45) is 7.21. The Morgan fingerprint density at radius 3 is 2.38 bits per heavy atom. The summed E-state index contributed by atoms with van der Waals surface area (Å²) in [6.45, 7) is 0. The maximum absolute atomic E-state index is 12.6. The summed E-state index contributed by atoms with van der Waals surface area (Å²) in [5.74, 6) is 0. The lowest BCUT2D eigenvalue weighted by atomic mass is 9.86. The molecule has 2 rings (SSSR count). The molecule has 1 fully saturated rings. The Morgan fingerprint density at radius 1 is 1.33 bits per heavy atom. The van der Waals surface area contributed by atoms with Crippen LogP contribution in [0, 0.1) is 11.3 Å². The third kappa shape index (κ3) is 3.57. The van der Waals surface area contributed by atoms with Crippen LogP contribution in [-0.4, -0.2) is 23.7 Å². The molecular formula is C13H19ClN4O2S. The van der Waals surface area contributed by atoms with E-state index in [-0.39, 0.29) is 10.0 Å². The van der Waals surface area contributed by atoms with Gasteiger partial charge in [0, 0.05) is 7.05 Å². The first-order chi connectivity index (χ1) is 9.90. The number of nitriles is 1. The van der Waals surface area contributed by atoms with Gasteiger partial charge >= 0.3 is 0 Å². The Morgan fingerprint density at radius 2 is 1.90 bits per heavy atom. The van der Waals surface area contributed by atoms with Crippen molar-refractivity contribution in [1.82, 2.24) is 14.5 Å². The molecule has 1 aromatic rings. The molecule has 0 spiro atoms. The Bertz CT molecular complexity index is 620. The largest absolute Gasteiger partial charge is 0.260 e. The molecule has 1 aliphatic carbocycles. The van der Waals surface area contributed by atoms with Crippen LogP contribution in [0.25, 0.3) is 0 Å². The van der Waals surface area contributed by atoms with Gasteiger partial charge in [0.05, 0.1) is 17.3 Å². The zero-order valence-electron chi connectivity index (χ0n) is 12.0. The van der Waals surface area contributed by atoms with Crippen molar-refractivity contribution in [2.24, 2.45) is 7.05 Å². The van der Waals surface area contributed by atoms with Crippen LogP contribution in [0.15, 0.2) is 11.2 Å². The Labute approximate surface area is 130 Å². The van der Waals surface area contributed by atoms with Gasteiger partial charge in [0.2, 0.25) is 0 Å². The molecule has 1 aromatic heterocycles. The molecule has 1 N–H and O–H groups in total. The van der Waals surface area contributed by atoms with E-state index in [1.54, 1.807) is 0 Å². The van der Waals surface area contributed by atoms with Crippen LogP contribution in [0.5, 0.6) is 0 Å². The molecule has 1 saturated carbocycles. The second-order valence-corrected chi connectivity index (χ2v) is 7.49. The van der Waals surface area contributed by atoms with Crippen molar-refractivity contribution in [1.29, 1.82) is 5.26 Å². The predicted molar refractivity (Wildman–Crippen MR) is 79.2 cm³/mol. The summed E-state index contributed by atoms with van der Waals surface area (Å²) in [4.78, 5) is 0. The van der Waals surface area contributed by atoms with Gasteiger partial charge in [-0.15, -0.1) is 0 Å². The lowest BCUT2D eigenvalue weighted by Gasteiger charge is -2.29. The SMILES string of the molecule is Cn1ncc(Cl)c1S(=O)(=O)NC1(C#N)CCCCCCC1. The highest BCUT2D eigenvalue weighted by Gasteiger charge is 2.37. The third-order valence-corrected chi connectivity index (χ3v) is 5.89. The van der Waals surface area contributed by atoms with Crippen molar-refractivity contribution in [2.45, 2.75) is 55.5 Å². The van der Waals surface area contributed by atoms with Gasteiger partial charge in [0.15, 0.2) is 5.03 Å². The maximum Gasteiger partial charge on any atom is 0.260 e. The fourth-order valence-electron chi connectivity index (χ4n) is 2.75. The second kappa shape index (κ2) is 6.34. The second-order valence-electron chi connectivity index (χ2n) is 5.49. The molecular weight excluding hydrogens is 312 g/mol. The molecule has 0 saturated heterocycles. The average molecular weight is 331 g/mol. The summed E-state index contributed by atoms with van der Waals surface area (Å²) in [5.41, 5.74) is -1.05. The smallest absolute Gasteiger partial charge is 0.255 e. The van der Waals surface area contributed by atoms with Crippen LogP contribution in [0.2, 0.25) is 5.02 Å². The van der Waals surface area contributed by atoms with Crippen LogP contribution < -0.4 is 4.72 Å². The van der Waals surface area contributed by atoms with Crippen LogP contribution in [0.4, 0.5) is 0 Å². The lowest BCUT2D eigenvalue weighted by molar-refractivity contribution is 0.356. The molecule has 0 unspecified atom stereocenters. The minimum atomic E-state index is -3.88. The first-order valence-corrected chi connectivity index (χ1v) is 8.89. The molecule has 0 aliphatic heterocycles. The number of hydrogen-bond donors (Lipinski definition) is 1. The van der Waals surface area contributed by atoms with Crippen LogP contribution in [0.1, 0.15) is 44.9 Å². The lowest BCUT2D eigenvalue weighted by Crippen LogP contribution is -2.48. The summed E-state index contributed by atoms with van der Waals surface area (Å²) in [6, 6.07) is 2.18. The van der Waals surface area contributed by atoms with Crippen LogP contribution in [-0.2, 0) is 17.1 Å². The number of halogens is 1. The predicted octanol–water partition coefficient (Wildman–Crippen LogP) is 2.36. The first kappa shape index (κ1) is 16.3. The standard InChI is InChI=1S/C13H19ClN4O2S/c1-18-12(11(14)9-16-18)21(19,20)17-13(10-15)7-5-3-2-4-6-8-13/h9,17H,2-8H2,1H3. The molecule has 0 atom stereocenters. The van der Waals surface area contributed by atoms with E-state index in [0.717, 1.165) is 32.1 Å². The summed E-state index contributed by atoms with van der Waals surface area (Å²) in [5, 5.41) is 13.3. The zero-order chi connectivity index (χ0) is 15.5. The number of aryl methyl sites for hydroxylation is 1. The van der Waals surface area contributed by atoms with E-state index >= 15 is 0 Å². The van der Waals surface area contributed by atoms with E-state index < -0.39 is 15.6 Å². The van der Waals surface area contributed by atoms with Gasteiger partial charge in [0.1, 0.15) is 5.54 Å². The minimum Gasteiger partial charge on any atom is -0.255 e. The van der Waals surface area contributed by atoms with Crippen molar-refractivity contribution in [3.05, 3.63) is 11.2 Å². The van der Waals surface area contributed by atoms with Gasteiger partial charge < -0.3 is 0 Å². The van der Waals surface area contributed by atoms with Crippen molar-refractivity contribution >= 4 is 21.6 Å². The highest BCUT2D eigenvalue weighted by Crippen LogP contribution is 2.29. The number of aromatic nitrogens is 2. The van der Waals surface area contributed by atoms with Crippen molar-refractivity contribution in [3.8, 4) is 6.07 Å². The van der Waals surface area contributed by atoms with E-state index in [1.807, 2.05) is 0 Å². The van der Waals surface area contributed by atoms with Gasteiger partial charge in [-0.1, -0.05) is 43.7 Å². The van der Waals surface area contributed by atoms with E-state index in [2.05, 4.69) is 15.9 Å². The van der Waals surface area contributed by atoms with E-state index in [4.69, 9.17) is 11.6 Å². The van der Waals surface area contributed by atoms with Crippen molar-refractivity contribution in [3.63, 3.8) is 0 Å². The Hall–Kier alpha value is -1.10. The highest BCUT2D eigenvalue weighted by atomic mass is 35.5. The van der Waals surface area contributed by atoms with Crippen LogP contribution in [0.3, 0.4) is 0 Å². The average Bonchev–Trinajstić information content (AvgIpc) is 2.73. The quantitative estimate of drug-likeness (QED) is 0.921. The molecule has 0 amide bonds. The van der Waals surface area contributed by atoms with E-state index in [0.29, 0.717) is 12.8 Å². The molecule has 0 aromatic carbocycles. The molecule has 1 aliphatic rings. The number of nitrogens with zero attached hydrogens (tertiary/aromatic N) is 3. The third-order valence-electron chi connectivity index (χ3n) is 3.85. The van der Waals surface area contributed by atoms with E-state index in [1.165, 1.54) is 17.9 Å². The molecule has 1 heterocycles. The molecule has 116 valence electrons. The number of hydrogen-bond acceptors (Lipinski definition) is 4. The highest BCUT2D eigenvalue weighted by molar-refractivity contribution is 7.89. The van der Waals surface area contributed by atoms with Gasteiger partial charge in [0.25, 0.3) is 10.0 Å². The molecule has 0 radical (unpaired) electrons. The molecule has 8 heteroatoms. The first-order valence-electron chi connectivity index (χ1n) is 7.03. The summed E-state index contributed by atoms with van der Waals surface area (Å²) < 4.78 is 28.9. The number of nitrogens with one attached hydrogen (secondary N) is 1. The number of rotatable bonds is 3. The van der Waals surface area contributed by atoms with Crippen molar-refractivity contribution < 1.29 is 8.42 Å². The Balaban J connectivity index is 2.30. The zero-order valence-corrected chi connectivity index (χ0v) is 13.5. The topological polar surface area (TPSA) is 87.8 Å². The van der Waals surface area contributed by atoms with Gasteiger partial charge in [-0.3, -0.25) is 4.68 Å². The van der Waals surface area contributed by atoms with Crippen LogP contribution >= 0.6 is 11.6 Å². The molecule has 6 nitrogen and oxygen atoms in total. The Kier molecular flexibility index (Phi) is 4.91. The minimum absolute atomic E-state index is 0.0592. The fraction of sp³-hybridized carbons (Fsp3) is 0.692. The van der Waals surface area contributed by atoms with Gasteiger partial charge in [-0.05, 0) is 12.8 Å². The molecule has 21 heavy (non-hydrogen) atoms. The normalized spacial score (nSPS) is 19.5. The number of sulfonamides is 1. The summed E-state index contributed by atoms with van der Waals surface area (Å²) in [7, 11) is -2.37. The maximum atomic E-state index is 12.6. The van der Waals surface area contributed by atoms with Crippen molar-refractivity contribution in [2.75, 3.05) is 0 Å². The monoisotopic (exact) mass is 330 g/mol. The fourth-order valence-corrected chi connectivity index (χ4v) is 4.79. The van der Waals surface area contributed by atoms with Gasteiger partial charge in [-0.25, -0.2) is 8.42 Å². The summed E-state index contributed by atoms with van der Waals surface area (Å²) >= 11 is 5.91. The van der Waals surface area contributed by atoms with E-state index in [9.17, 15) is 13.7 Å².